The van der Waals surface area contributed by atoms with Crippen LogP contribution in [0.3, 0.4) is 0 Å². The van der Waals surface area contributed by atoms with Crippen LogP contribution in [-0.2, 0) is 4.79 Å². The molecule has 3 rings (SSSR count). The summed E-state index contributed by atoms with van der Waals surface area (Å²) in [4.78, 5) is 17.5. The highest BCUT2D eigenvalue weighted by atomic mass is 35.5. The highest BCUT2D eigenvalue weighted by molar-refractivity contribution is 6.32. The average Bonchev–Trinajstić information content (AvgIpc) is 2.80. The second kappa shape index (κ2) is 11.5. The van der Waals surface area contributed by atoms with Crippen LogP contribution in [0.1, 0.15) is 38.7 Å². The molecule has 1 heterocycles. The fourth-order valence-electron chi connectivity index (χ4n) is 3.88. The monoisotopic (exact) mass is 443 g/mol. The number of anilines is 1. The van der Waals surface area contributed by atoms with E-state index in [1.165, 1.54) is 5.56 Å². The van der Waals surface area contributed by atoms with Gasteiger partial charge in [-0.2, -0.15) is 0 Å². The minimum atomic E-state index is -0.161. The van der Waals surface area contributed by atoms with Gasteiger partial charge in [-0.3, -0.25) is 14.6 Å². The number of hydrogen-bond donors (Lipinski definition) is 1. The standard InChI is InChI=1S/C25H34ClN3O2/c1-4-19(2)21-9-5-7-11-23(21)27-25(30)20(3)29-15-13-28(14-16-29)17-18-31-24-12-8-6-10-22(24)26/h5-12,19-20H,4,13-18H2,1-3H3,(H,27,30). The maximum absolute atomic E-state index is 12.9. The van der Waals surface area contributed by atoms with Crippen molar-refractivity contribution in [1.82, 2.24) is 9.80 Å². The first-order chi connectivity index (χ1) is 15.0. The second-order valence-electron chi connectivity index (χ2n) is 8.22. The van der Waals surface area contributed by atoms with Gasteiger partial charge in [-0.1, -0.05) is 55.8 Å². The lowest BCUT2D eigenvalue weighted by Gasteiger charge is -2.37. The number of benzene rings is 2. The molecule has 1 aliphatic rings. The smallest absolute Gasteiger partial charge is 0.241 e. The second-order valence-corrected chi connectivity index (χ2v) is 8.63. The molecule has 1 fully saturated rings. The molecule has 0 aliphatic carbocycles. The van der Waals surface area contributed by atoms with E-state index in [-0.39, 0.29) is 11.9 Å². The number of nitrogens with one attached hydrogen (secondary N) is 1. The maximum atomic E-state index is 12.9. The Morgan fingerprint density at radius 3 is 2.45 bits per heavy atom. The van der Waals surface area contributed by atoms with E-state index >= 15 is 0 Å². The number of piperazine rings is 1. The van der Waals surface area contributed by atoms with Crippen LogP contribution in [0.2, 0.25) is 5.02 Å². The average molecular weight is 444 g/mol. The molecule has 2 unspecified atom stereocenters. The molecule has 168 valence electrons. The summed E-state index contributed by atoms with van der Waals surface area (Å²) in [5.74, 6) is 1.21. The predicted molar refractivity (Wildman–Crippen MR) is 128 cm³/mol. The summed E-state index contributed by atoms with van der Waals surface area (Å²) in [5.41, 5.74) is 2.14. The number of carbonyl (C=O) groups is 1. The number of rotatable bonds is 9. The van der Waals surface area contributed by atoms with Crippen molar-refractivity contribution in [3.63, 3.8) is 0 Å². The molecule has 0 aromatic heterocycles. The van der Waals surface area contributed by atoms with Gasteiger partial charge in [0.15, 0.2) is 0 Å². The van der Waals surface area contributed by atoms with E-state index in [0.717, 1.165) is 50.6 Å². The minimum Gasteiger partial charge on any atom is -0.491 e. The Bertz CT molecular complexity index is 852. The topological polar surface area (TPSA) is 44.8 Å². The molecular weight excluding hydrogens is 410 g/mol. The third kappa shape index (κ3) is 6.45. The van der Waals surface area contributed by atoms with Crippen molar-refractivity contribution in [2.45, 2.75) is 39.2 Å². The van der Waals surface area contributed by atoms with Gasteiger partial charge in [-0.15, -0.1) is 0 Å². The lowest BCUT2D eigenvalue weighted by Crippen LogP contribution is -2.53. The van der Waals surface area contributed by atoms with Crippen molar-refractivity contribution in [2.24, 2.45) is 0 Å². The van der Waals surface area contributed by atoms with Gasteiger partial charge in [-0.25, -0.2) is 0 Å². The molecule has 0 saturated carbocycles. The molecule has 2 atom stereocenters. The number of halogens is 1. The van der Waals surface area contributed by atoms with E-state index in [1.807, 2.05) is 49.4 Å². The number of para-hydroxylation sites is 2. The molecule has 5 nitrogen and oxygen atoms in total. The lowest BCUT2D eigenvalue weighted by atomic mass is 9.97. The van der Waals surface area contributed by atoms with Crippen LogP contribution >= 0.6 is 11.6 Å². The first-order valence-corrected chi connectivity index (χ1v) is 11.6. The van der Waals surface area contributed by atoms with Gasteiger partial charge >= 0.3 is 0 Å². The number of hydrogen-bond acceptors (Lipinski definition) is 4. The summed E-state index contributed by atoms with van der Waals surface area (Å²) >= 11 is 6.14. The summed E-state index contributed by atoms with van der Waals surface area (Å²) in [5, 5.41) is 3.81. The highest BCUT2D eigenvalue weighted by Crippen LogP contribution is 2.27. The zero-order valence-electron chi connectivity index (χ0n) is 18.8. The van der Waals surface area contributed by atoms with Gasteiger partial charge < -0.3 is 10.1 Å². The van der Waals surface area contributed by atoms with Gasteiger partial charge in [0.1, 0.15) is 12.4 Å². The zero-order chi connectivity index (χ0) is 22.2. The number of carbonyl (C=O) groups excluding carboxylic acids is 1. The van der Waals surface area contributed by atoms with E-state index in [4.69, 9.17) is 16.3 Å². The normalized spacial score (nSPS) is 17.2. The summed E-state index contributed by atoms with van der Waals surface area (Å²) in [6.45, 7) is 11.4. The SMILES string of the molecule is CCC(C)c1ccccc1NC(=O)C(C)N1CCN(CCOc2ccccc2Cl)CC1. The van der Waals surface area contributed by atoms with Crippen LogP contribution in [-0.4, -0.2) is 61.1 Å². The Hall–Kier alpha value is -2.08. The molecule has 6 heteroatoms. The van der Waals surface area contributed by atoms with Gasteiger partial charge in [0.05, 0.1) is 11.1 Å². The molecule has 2 aromatic rings. The third-order valence-electron chi connectivity index (χ3n) is 6.20. The molecule has 1 aliphatic heterocycles. The first kappa shape index (κ1) is 23.6. The Morgan fingerprint density at radius 2 is 1.74 bits per heavy atom. The van der Waals surface area contributed by atoms with Crippen LogP contribution in [0, 0.1) is 0 Å². The quantitative estimate of drug-likeness (QED) is 0.600. The maximum Gasteiger partial charge on any atom is 0.241 e. The van der Waals surface area contributed by atoms with Crippen molar-refractivity contribution in [3.8, 4) is 5.75 Å². The highest BCUT2D eigenvalue weighted by Gasteiger charge is 2.26. The fourth-order valence-corrected chi connectivity index (χ4v) is 4.07. The minimum absolute atomic E-state index is 0.0613. The Morgan fingerprint density at radius 1 is 1.06 bits per heavy atom. The first-order valence-electron chi connectivity index (χ1n) is 11.2. The van der Waals surface area contributed by atoms with Crippen LogP contribution < -0.4 is 10.1 Å². The molecule has 0 spiro atoms. The van der Waals surface area contributed by atoms with Crippen LogP contribution in [0.5, 0.6) is 5.75 Å². The van der Waals surface area contributed by atoms with Gasteiger partial charge in [-0.05, 0) is 43.0 Å². The van der Waals surface area contributed by atoms with E-state index in [0.29, 0.717) is 17.5 Å². The summed E-state index contributed by atoms with van der Waals surface area (Å²) in [6, 6.07) is 15.5. The number of nitrogens with zero attached hydrogens (tertiary/aromatic N) is 2. The van der Waals surface area contributed by atoms with Gasteiger partial charge in [0.25, 0.3) is 0 Å². The lowest BCUT2D eigenvalue weighted by molar-refractivity contribution is -0.121. The molecule has 1 amide bonds. The van der Waals surface area contributed by atoms with Crippen molar-refractivity contribution >= 4 is 23.2 Å². The van der Waals surface area contributed by atoms with E-state index in [1.54, 1.807) is 0 Å². The number of amides is 1. The van der Waals surface area contributed by atoms with Gasteiger partial charge in [0.2, 0.25) is 5.91 Å². The van der Waals surface area contributed by atoms with Crippen LogP contribution in [0.15, 0.2) is 48.5 Å². The Balaban J connectivity index is 1.45. The molecule has 0 radical (unpaired) electrons. The van der Waals surface area contributed by atoms with Gasteiger partial charge in [0, 0.05) is 38.4 Å². The summed E-state index contributed by atoms with van der Waals surface area (Å²) in [7, 11) is 0. The third-order valence-corrected chi connectivity index (χ3v) is 6.51. The molecule has 2 aromatic carbocycles. The van der Waals surface area contributed by atoms with Crippen molar-refractivity contribution < 1.29 is 9.53 Å². The number of ether oxygens (including phenoxy) is 1. The van der Waals surface area contributed by atoms with E-state index in [2.05, 4.69) is 35.0 Å². The molecule has 0 bridgehead atoms. The van der Waals surface area contributed by atoms with Crippen molar-refractivity contribution in [1.29, 1.82) is 0 Å². The predicted octanol–water partition coefficient (Wildman–Crippen LogP) is 4.88. The van der Waals surface area contributed by atoms with Crippen LogP contribution in [0.25, 0.3) is 0 Å². The zero-order valence-corrected chi connectivity index (χ0v) is 19.6. The molecule has 1 saturated heterocycles. The fraction of sp³-hybridized carbons (Fsp3) is 0.480. The van der Waals surface area contributed by atoms with Crippen molar-refractivity contribution in [3.05, 3.63) is 59.1 Å². The Labute approximate surface area is 191 Å². The van der Waals surface area contributed by atoms with E-state index < -0.39 is 0 Å². The summed E-state index contributed by atoms with van der Waals surface area (Å²) < 4.78 is 5.81. The molecular formula is C25H34ClN3O2. The van der Waals surface area contributed by atoms with Crippen molar-refractivity contribution in [2.75, 3.05) is 44.6 Å². The molecule has 1 N–H and O–H groups in total. The molecule has 31 heavy (non-hydrogen) atoms. The largest absolute Gasteiger partial charge is 0.491 e. The van der Waals surface area contributed by atoms with Crippen LogP contribution in [0.4, 0.5) is 5.69 Å². The Kier molecular flexibility index (Phi) is 8.76. The summed E-state index contributed by atoms with van der Waals surface area (Å²) in [6.07, 6.45) is 1.05. The van der Waals surface area contributed by atoms with E-state index in [9.17, 15) is 4.79 Å².